The van der Waals surface area contributed by atoms with E-state index in [0.717, 1.165) is 24.4 Å². The molecule has 2 aromatic rings. The van der Waals surface area contributed by atoms with E-state index in [4.69, 9.17) is 4.74 Å². The molecule has 31 heavy (non-hydrogen) atoms. The molecule has 3 rings (SSSR count). The Bertz CT molecular complexity index is 867. The van der Waals surface area contributed by atoms with E-state index in [0.29, 0.717) is 19.6 Å². The number of hydrogen-bond donors (Lipinski definition) is 1. The maximum atomic E-state index is 13.1. The summed E-state index contributed by atoms with van der Waals surface area (Å²) in [5.74, 6) is 0.997. The second kappa shape index (κ2) is 10.0. The van der Waals surface area contributed by atoms with Crippen LogP contribution in [0.2, 0.25) is 0 Å². The second-order valence-corrected chi connectivity index (χ2v) is 9.01. The quantitative estimate of drug-likeness (QED) is 0.733. The number of amides is 2. The molecule has 1 unspecified atom stereocenters. The maximum absolute atomic E-state index is 13.1. The lowest BCUT2D eigenvalue weighted by molar-refractivity contribution is -0.140. The van der Waals surface area contributed by atoms with Gasteiger partial charge in [0, 0.05) is 44.5 Å². The van der Waals surface area contributed by atoms with Crippen LogP contribution in [-0.2, 0) is 20.9 Å². The number of aromatic nitrogens is 3. The van der Waals surface area contributed by atoms with Gasteiger partial charge in [0.1, 0.15) is 11.9 Å². The van der Waals surface area contributed by atoms with Crippen molar-refractivity contribution in [3.05, 3.63) is 48.3 Å². The minimum atomic E-state index is -0.667. The third-order valence-electron chi connectivity index (χ3n) is 5.34. The topological polar surface area (TPSA) is 89.4 Å². The molecule has 1 aliphatic heterocycles. The average Bonchev–Trinajstić information content (AvgIpc) is 3.18. The van der Waals surface area contributed by atoms with Crippen molar-refractivity contribution in [1.82, 2.24) is 24.8 Å². The highest BCUT2D eigenvalue weighted by Gasteiger charge is 2.31. The third-order valence-corrected chi connectivity index (χ3v) is 5.34. The maximum Gasteiger partial charge on any atom is 0.247 e. The first-order valence-electron chi connectivity index (χ1n) is 10.8. The fourth-order valence-electron chi connectivity index (χ4n) is 3.81. The lowest BCUT2D eigenvalue weighted by Crippen LogP contribution is -2.53. The van der Waals surface area contributed by atoms with Crippen LogP contribution in [0.25, 0.3) is 0 Å². The van der Waals surface area contributed by atoms with Gasteiger partial charge in [0.2, 0.25) is 11.8 Å². The number of ether oxygens (including phenoxy) is 1. The highest BCUT2D eigenvalue weighted by Crippen LogP contribution is 2.27. The van der Waals surface area contributed by atoms with Crippen LogP contribution in [0.4, 0.5) is 0 Å². The molecule has 3 heterocycles. The number of nitrogens with zero attached hydrogens (tertiary/aromatic N) is 4. The standard InChI is InChI=1S/C23H33N5O3/c1-17(29)26-20(16-31-23(2,3)4)22(30)27-12-8-18(9-13-27)21-25-11-14-28(21)15-19-7-5-6-10-24-19/h5-7,10-11,14,18,20H,8-9,12-13,15-16H2,1-4H3,(H,26,29). The molecule has 1 aliphatic rings. The van der Waals surface area contributed by atoms with E-state index in [1.165, 1.54) is 6.92 Å². The summed E-state index contributed by atoms with van der Waals surface area (Å²) in [6.07, 6.45) is 7.27. The Morgan fingerprint density at radius 1 is 1.19 bits per heavy atom. The molecule has 2 amide bonds. The van der Waals surface area contributed by atoms with Crippen molar-refractivity contribution < 1.29 is 14.3 Å². The monoisotopic (exact) mass is 427 g/mol. The Morgan fingerprint density at radius 3 is 2.55 bits per heavy atom. The van der Waals surface area contributed by atoms with Crippen LogP contribution in [0.3, 0.4) is 0 Å². The Kier molecular flexibility index (Phi) is 7.43. The van der Waals surface area contributed by atoms with Gasteiger partial charge in [0.05, 0.1) is 24.4 Å². The molecule has 1 N–H and O–H groups in total. The van der Waals surface area contributed by atoms with Crippen molar-refractivity contribution in [3.8, 4) is 0 Å². The van der Waals surface area contributed by atoms with Crippen LogP contribution < -0.4 is 5.32 Å². The minimum absolute atomic E-state index is 0.0882. The van der Waals surface area contributed by atoms with E-state index in [9.17, 15) is 9.59 Å². The van der Waals surface area contributed by atoms with Crippen molar-refractivity contribution in [3.63, 3.8) is 0 Å². The first-order valence-corrected chi connectivity index (χ1v) is 10.8. The molecule has 0 spiro atoms. The van der Waals surface area contributed by atoms with E-state index in [-0.39, 0.29) is 29.9 Å². The largest absolute Gasteiger partial charge is 0.373 e. The van der Waals surface area contributed by atoms with Crippen molar-refractivity contribution in [2.75, 3.05) is 19.7 Å². The Balaban J connectivity index is 1.60. The number of likely N-dealkylation sites (tertiary alicyclic amines) is 1. The van der Waals surface area contributed by atoms with Gasteiger partial charge in [0.25, 0.3) is 0 Å². The molecule has 1 fully saturated rings. The van der Waals surface area contributed by atoms with Gasteiger partial charge in [-0.15, -0.1) is 0 Å². The fourth-order valence-corrected chi connectivity index (χ4v) is 3.81. The summed E-state index contributed by atoms with van der Waals surface area (Å²) in [7, 11) is 0. The van der Waals surface area contributed by atoms with Crippen molar-refractivity contribution >= 4 is 11.8 Å². The number of pyridine rings is 1. The zero-order valence-electron chi connectivity index (χ0n) is 18.9. The lowest BCUT2D eigenvalue weighted by Gasteiger charge is -2.35. The van der Waals surface area contributed by atoms with Gasteiger partial charge in [-0.1, -0.05) is 6.07 Å². The van der Waals surface area contributed by atoms with E-state index in [1.54, 1.807) is 6.20 Å². The second-order valence-electron chi connectivity index (χ2n) is 9.01. The van der Waals surface area contributed by atoms with Gasteiger partial charge in [0.15, 0.2) is 0 Å². The van der Waals surface area contributed by atoms with E-state index < -0.39 is 6.04 Å². The van der Waals surface area contributed by atoms with E-state index >= 15 is 0 Å². The molecule has 1 saturated heterocycles. The third kappa shape index (κ3) is 6.62. The Morgan fingerprint density at radius 2 is 1.94 bits per heavy atom. The van der Waals surface area contributed by atoms with Crippen LogP contribution >= 0.6 is 0 Å². The van der Waals surface area contributed by atoms with Crippen LogP contribution in [0, 0.1) is 0 Å². The SMILES string of the molecule is CC(=O)NC(COC(C)(C)C)C(=O)N1CCC(c2nccn2Cc2ccccn2)CC1. The highest BCUT2D eigenvalue weighted by atomic mass is 16.5. The lowest BCUT2D eigenvalue weighted by atomic mass is 9.95. The summed E-state index contributed by atoms with van der Waals surface area (Å²) >= 11 is 0. The van der Waals surface area contributed by atoms with Crippen LogP contribution in [-0.4, -0.2) is 62.6 Å². The van der Waals surface area contributed by atoms with Gasteiger partial charge < -0.3 is 19.5 Å². The molecular weight excluding hydrogens is 394 g/mol. The number of hydrogen-bond acceptors (Lipinski definition) is 5. The molecule has 0 radical (unpaired) electrons. The summed E-state index contributed by atoms with van der Waals surface area (Å²) in [6.45, 7) is 9.32. The predicted molar refractivity (Wildman–Crippen MR) is 117 cm³/mol. The summed E-state index contributed by atoms with van der Waals surface area (Å²) in [4.78, 5) is 35.5. The van der Waals surface area contributed by atoms with Gasteiger partial charge >= 0.3 is 0 Å². The van der Waals surface area contributed by atoms with Crippen molar-refractivity contribution in [1.29, 1.82) is 0 Å². The molecule has 0 aromatic carbocycles. The van der Waals surface area contributed by atoms with Crippen LogP contribution in [0.5, 0.6) is 0 Å². The molecule has 0 saturated carbocycles. The van der Waals surface area contributed by atoms with Crippen LogP contribution in [0.15, 0.2) is 36.8 Å². The Hall–Kier alpha value is -2.74. The van der Waals surface area contributed by atoms with Gasteiger partial charge in [-0.2, -0.15) is 0 Å². The number of carbonyl (C=O) groups is 2. The number of rotatable bonds is 7. The molecule has 8 nitrogen and oxygen atoms in total. The van der Waals surface area contributed by atoms with Crippen molar-refractivity contribution in [2.24, 2.45) is 0 Å². The zero-order chi connectivity index (χ0) is 22.4. The number of carbonyl (C=O) groups excluding carboxylic acids is 2. The summed E-state index contributed by atoms with van der Waals surface area (Å²) in [6, 6.07) is 5.23. The summed E-state index contributed by atoms with van der Waals surface area (Å²) < 4.78 is 7.92. The predicted octanol–water partition coefficient (Wildman–Crippen LogP) is 2.35. The number of imidazole rings is 1. The molecule has 8 heteroatoms. The highest BCUT2D eigenvalue weighted by molar-refractivity contribution is 5.87. The van der Waals surface area contributed by atoms with Gasteiger partial charge in [-0.25, -0.2) is 4.98 Å². The molecule has 0 bridgehead atoms. The normalized spacial score (nSPS) is 16.2. The fraction of sp³-hybridized carbons (Fsp3) is 0.565. The van der Waals surface area contributed by atoms with E-state index in [2.05, 4.69) is 19.9 Å². The molecule has 1 atom stereocenters. The molecule has 0 aliphatic carbocycles. The van der Waals surface area contributed by atoms with Crippen LogP contribution in [0.1, 0.15) is 58.0 Å². The van der Waals surface area contributed by atoms with Gasteiger partial charge in [-0.05, 0) is 45.7 Å². The number of nitrogens with one attached hydrogen (secondary N) is 1. The smallest absolute Gasteiger partial charge is 0.247 e. The minimum Gasteiger partial charge on any atom is -0.373 e. The zero-order valence-corrected chi connectivity index (χ0v) is 18.9. The first kappa shape index (κ1) is 22.9. The van der Waals surface area contributed by atoms with E-state index in [1.807, 2.05) is 56.3 Å². The van der Waals surface area contributed by atoms with Crippen molar-refractivity contribution in [2.45, 2.75) is 64.6 Å². The van der Waals surface area contributed by atoms with Gasteiger partial charge in [-0.3, -0.25) is 14.6 Å². The average molecular weight is 428 g/mol. The molecule has 168 valence electrons. The summed E-state index contributed by atoms with van der Waals surface area (Å²) in [5.41, 5.74) is 0.612. The number of piperidine rings is 1. The summed E-state index contributed by atoms with van der Waals surface area (Å²) in [5, 5.41) is 2.75. The Labute approximate surface area is 184 Å². The first-order chi connectivity index (χ1) is 14.7. The molecule has 2 aromatic heterocycles. The molecular formula is C23H33N5O3.